The second kappa shape index (κ2) is 5.32. The fraction of sp³-hybridized carbons (Fsp3) is 0.182. The van der Waals surface area contributed by atoms with Crippen molar-refractivity contribution in [2.24, 2.45) is 0 Å². The van der Waals surface area contributed by atoms with Gasteiger partial charge in [-0.3, -0.25) is 10.1 Å². The van der Waals surface area contributed by atoms with Crippen molar-refractivity contribution in [2.45, 2.75) is 13.3 Å². The molecule has 94 valence electrons. The Hall–Kier alpha value is -1.66. The van der Waals surface area contributed by atoms with Crippen LogP contribution in [0.3, 0.4) is 0 Å². The van der Waals surface area contributed by atoms with Gasteiger partial charge in [0, 0.05) is 5.56 Å². The van der Waals surface area contributed by atoms with Gasteiger partial charge in [-0.2, -0.15) is 0 Å². The van der Waals surface area contributed by atoms with Crippen LogP contribution in [0.5, 0.6) is 0 Å². The number of hydrogen-bond acceptors (Lipinski definition) is 5. The second-order valence-corrected chi connectivity index (χ2v) is 5.01. The van der Waals surface area contributed by atoms with Gasteiger partial charge in [0.25, 0.3) is 5.91 Å². The molecule has 1 amide bonds. The van der Waals surface area contributed by atoms with E-state index < -0.39 is 0 Å². The molecule has 3 N–H and O–H groups in total. The highest BCUT2D eigenvalue weighted by Crippen LogP contribution is 2.21. The fourth-order valence-electron chi connectivity index (χ4n) is 1.30. The van der Waals surface area contributed by atoms with Gasteiger partial charge in [0.15, 0.2) is 0 Å². The van der Waals surface area contributed by atoms with Gasteiger partial charge in [0.05, 0.1) is 10.7 Å². The molecule has 5 nitrogen and oxygen atoms in total. The average Bonchev–Trinajstić information content (AvgIpc) is 2.80. The molecule has 0 saturated heterocycles. The molecule has 18 heavy (non-hydrogen) atoms. The third kappa shape index (κ3) is 2.77. The van der Waals surface area contributed by atoms with Gasteiger partial charge in [-0.05, 0) is 24.6 Å². The van der Waals surface area contributed by atoms with Crippen LogP contribution in [0.15, 0.2) is 18.2 Å². The molecule has 1 aromatic carbocycles. The van der Waals surface area contributed by atoms with Gasteiger partial charge < -0.3 is 5.73 Å². The number of nitrogens with zero attached hydrogens (tertiary/aromatic N) is 2. The van der Waals surface area contributed by atoms with Crippen LogP contribution in [0.2, 0.25) is 5.02 Å². The standard InChI is InChI=1S/C11H11ClN4OS/c1-2-9-15-16-11(18-9)14-10(17)6-3-4-7(12)8(13)5-6/h3-5H,2,13H2,1H3,(H,14,16,17). The van der Waals surface area contributed by atoms with Gasteiger partial charge >= 0.3 is 0 Å². The number of hydrogen-bond donors (Lipinski definition) is 2. The fourth-order valence-corrected chi connectivity index (χ4v) is 2.09. The Kier molecular flexibility index (Phi) is 3.78. The van der Waals surface area contributed by atoms with Crippen LogP contribution in [-0.2, 0) is 6.42 Å². The highest BCUT2D eigenvalue weighted by molar-refractivity contribution is 7.15. The Morgan fingerprint density at radius 3 is 2.89 bits per heavy atom. The summed E-state index contributed by atoms with van der Waals surface area (Å²) >= 11 is 7.14. The van der Waals surface area contributed by atoms with Gasteiger partial charge in [-0.1, -0.05) is 29.9 Å². The SMILES string of the molecule is CCc1nnc(NC(=O)c2ccc(Cl)c(N)c2)s1. The molecular formula is C11H11ClN4OS. The lowest BCUT2D eigenvalue weighted by molar-refractivity contribution is 0.102. The number of carbonyl (C=O) groups excluding carboxylic acids is 1. The van der Waals surface area contributed by atoms with E-state index in [1.807, 2.05) is 6.92 Å². The molecule has 0 aliphatic carbocycles. The van der Waals surface area contributed by atoms with Crippen molar-refractivity contribution >= 4 is 39.7 Å². The Balaban J connectivity index is 2.14. The molecule has 2 rings (SSSR count). The summed E-state index contributed by atoms with van der Waals surface area (Å²) in [5.41, 5.74) is 6.45. The minimum Gasteiger partial charge on any atom is -0.398 e. The summed E-state index contributed by atoms with van der Waals surface area (Å²) in [6, 6.07) is 4.72. The minimum atomic E-state index is -0.280. The molecule has 1 aromatic heterocycles. The van der Waals surface area contributed by atoms with E-state index in [-0.39, 0.29) is 5.91 Å². The molecule has 2 aromatic rings. The number of aromatic nitrogens is 2. The van der Waals surface area contributed by atoms with Crippen LogP contribution >= 0.6 is 22.9 Å². The predicted octanol–water partition coefficient (Wildman–Crippen LogP) is 2.59. The zero-order valence-electron chi connectivity index (χ0n) is 9.61. The molecule has 0 fully saturated rings. The summed E-state index contributed by atoms with van der Waals surface area (Å²) in [7, 11) is 0. The number of benzene rings is 1. The van der Waals surface area contributed by atoms with E-state index in [9.17, 15) is 4.79 Å². The van der Waals surface area contributed by atoms with Gasteiger partial charge in [0.2, 0.25) is 5.13 Å². The molecule has 0 aliphatic rings. The Morgan fingerprint density at radius 2 is 2.28 bits per heavy atom. The molecule has 0 unspecified atom stereocenters. The highest BCUT2D eigenvalue weighted by Gasteiger charge is 2.10. The van der Waals surface area contributed by atoms with Gasteiger partial charge in [-0.25, -0.2) is 0 Å². The molecule has 0 spiro atoms. The highest BCUT2D eigenvalue weighted by atomic mass is 35.5. The second-order valence-electron chi connectivity index (χ2n) is 3.54. The number of rotatable bonds is 3. The number of amides is 1. The normalized spacial score (nSPS) is 10.3. The number of nitrogens with one attached hydrogen (secondary N) is 1. The number of aryl methyl sites for hydroxylation is 1. The van der Waals surface area contributed by atoms with E-state index in [0.717, 1.165) is 11.4 Å². The van der Waals surface area contributed by atoms with Gasteiger partial charge in [0.1, 0.15) is 5.01 Å². The maximum absolute atomic E-state index is 11.9. The largest absolute Gasteiger partial charge is 0.398 e. The van der Waals surface area contributed by atoms with E-state index in [2.05, 4.69) is 15.5 Å². The molecule has 0 radical (unpaired) electrons. The van der Waals surface area contributed by atoms with Crippen LogP contribution in [0.25, 0.3) is 0 Å². The van der Waals surface area contributed by atoms with Crippen LogP contribution in [0.1, 0.15) is 22.3 Å². The predicted molar refractivity (Wildman–Crippen MR) is 73.1 cm³/mol. The molecule has 0 aliphatic heterocycles. The first-order valence-corrected chi connectivity index (χ1v) is 6.48. The average molecular weight is 283 g/mol. The van der Waals surface area contributed by atoms with Gasteiger partial charge in [-0.15, -0.1) is 10.2 Å². The number of nitrogens with two attached hydrogens (primary N) is 1. The number of halogens is 1. The van der Waals surface area contributed by atoms with Crippen molar-refractivity contribution in [3.63, 3.8) is 0 Å². The Morgan fingerprint density at radius 1 is 1.50 bits per heavy atom. The summed E-state index contributed by atoms with van der Waals surface area (Å²) in [5.74, 6) is -0.280. The number of nitrogen functional groups attached to an aromatic ring is 1. The lowest BCUT2D eigenvalue weighted by Gasteiger charge is -2.03. The third-order valence-corrected chi connectivity index (χ3v) is 3.58. The summed E-state index contributed by atoms with van der Waals surface area (Å²) in [6.45, 7) is 1.98. The molecule has 0 bridgehead atoms. The van der Waals surface area contributed by atoms with Crippen molar-refractivity contribution < 1.29 is 4.79 Å². The van der Waals surface area contributed by atoms with E-state index in [1.54, 1.807) is 12.1 Å². The van der Waals surface area contributed by atoms with E-state index >= 15 is 0 Å². The summed E-state index contributed by atoms with van der Waals surface area (Å²) in [4.78, 5) is 11.9. The van der Waals surface area contributed by atoms with E-state index in [4.69, 9.17) is 17.3 Å². The zero-order valence-corrected chi connectivity index (χ0v) is 11.2. The summed E-state index contributed by atoms with van der Waals surface area (Å²) in [5, 5.41) is 12.2. The minimum absolute atomic E-state index is 0.280. The summed E-state index contributed by atoms with van der Waals surface area (Å²) < 4.78 is 0. The van der Waals surface area contributed by atoms with Crippen LogP contribution in [0.4, 0.5) is 10.8 Å². The Bertz CT molecular complexity index is 584. The molecule has 7 heteroatoms. The van der Waals surface area contributed by atoms with E-state index in [1.165, 1.54) is 17.4 Å². The maximum Gasteiger partial charge on any atom is 0.257 e. The first kappa shape index (κ1) is 12.8. The van der Waals surface area contributed by atoms with Crippen molar-refractivity contribution in [3.05, 3.63) is 33.8 Å². The third-order valence-electron chi connectivity index (χ3n) is 2.25. The maximum atomic E-state index is 11.9. The lowest BCUT2D eigenvalue weighted by Crippen LogP contribution is -2.12. The van der Waals surface area contributed by atoms with E-state index in [0.29, 0.717) is 21.4 Å². The molecule has 0 saturated carbocycles. The van der Waals surface area contributed by atoms with Crippen molar-refractivity contribution in [1.82, 2.24) is 10.2 Å². The quantitative estimate of drug-likeness (QED) is 0.848. The van der Waals surface area contributed by atoms with Crippen molar-refractivity contribution in [1.29, 1.82) is 0 Å². The summed E-state index contributed by atoms with van der Waals surface area (Å²) in [6.07, 6.45) is 0.793. The Labute approximate surface area is 113 Å². The topological polar surface area (TPSA) is 80.9 Å². The first-order valence-electron chi connectivity index (χ1n) is 5.29. The van der Waals surface area contributed by atoms with Crippen molar-refractivity contribution in [3.8, 4) is 0 Å². The monoisotopic (exact) mass is 282 g/mol. The smallest absolute Gasteiger partial charge is 0.257 e. The molecule has 0 atom stereocenters. The zero-order chi connectivity index (χ0) is 13.1. The molecular weight excluding hydrogens is 272 g/mol. The lowest BCUT2D eigenvalue weighted by atomic mass is 10.2. The van der Waals surface area contributed by atoms with Crippen molar-refractivity contribution in [2.75, 3.05) is 11.1 Å². The van der Waals surface area contributed by atoms with Crippen LogP contribution in [0, 0.1) is 0 Å². The number of carbonyl (C=O) groups is 1. The van der Waals surface area contributed by atoms with Crippen LogP contribution in [-0.4, -0.2) is 16.1 Å². The first-order chi connectivity index (χ1) is 8.60. The molecule has 1 heterocycles. The number of anilines is 2. The van der Waals surface area contributed by atoms with Crippen LogP contribution < -0.4 is 11.1 Å².